The summed E-state index contributed by atoms with van der Waals surface area (Å²) in [6, 6.07) is 6.57. The Bertz CT molecular complexity index is 444. The Hall–Kier alpha value is -1.55. The van der Waals surface area contributed by atoms with Gasteiger partial charge >= 0.3 is 5.97 Å². The third kappa shape index (κ3) is 3.97. The van der Waals surface area contributed by atoms with Gasteiger partial charge in [-0.25, -0.2) is 4.79 Å². The smallest absolute Gasteiger partial charge is 0.335 e. The first-order chi connectivity index (χ1) is 9.56. The van der Waals surface area contributed by atoms with Crippen LogP contribution < -0.4 is 4.74 Å². The minimum absolute atomic E-state index is 0.288. The molecule has 1 aromatic rings. The van der Waals surface area contributed by atoms with Crippen LogP contribution in [0.3, 0.4) is 0 Å². The van der Waals surface area contributed by atoms with Crippen LogP contribution in [0.5, 0.6) is 5.75 Å². The molecule has 110 valence electrons. The van der Waals surface area contributed by atoms with Crippen LogP contribution >= 0.6 is 0 Å². The third-order valence-corrected chi connectivity index (χ3v) is 4.20. The second-order valence-electron chi connectivity index (χ2n) is 5.72. The van der Waals surface area contributed by atoms with Gasteiger partial charge in [0.25, 0.3) is 0 Å². The molecule has 1 aliphatic heterocycles. The Kier molecular flexibility index (Phi) is 5.01. The van der Waals surface area contributed by atoms with Gasteiger partial charge in [-0.05, 0) is 49.1 Å². The number of hydrogen-bond acceptors (Lipinski definition) is 3. The lowest BCUT2D eigenvalue weighted by atomic mass is 9.89. The molecule has 0 aliphatic carbocycles. The molecule has 0 radical (unpaired) electrons. The van der Waals surface area contributed by atoms with Gasteiger partial charge in [0.1, 0.15) is 12.4 Å². The SMILES string of the molecule is CC1CCN(CCOc2ccc(C(=O)O)cc2)CC1C. The van der Waals surface area contributed by atoms with Crippen LogP contribution in [0.1, 0.15) is 30.6 Å². The first-order valence-electron chi connectivity index (χ1n) is 7.25. The second-order valence-corrected chi connectivity index (χ2v) is 5.72. The number of benzene rings is 1. The van der Waals surface area contributed by atoms with Crippen molar-refractivity contribution in [3.63, 3.8) is 0 Å². The standard InChI is InChI=1S/C16H23NO3/c1-12-7-8-17(11-13(12)2)9-10-20-15-5-3-14(4-6-15)16(18)19/h3-6,12-13H,7-11H2,1-2H3,(H,18,19). The largest absolute Gasteiger partial charge is 0.492 e. The summed E-state index contributed by atoms with van der Waals surface area (Å²) < 4.78 is 5.67. The topological polar surface area (TPSA) is 49.8 Å². The molecule has 0 amide bonds. The van der Waals surface area contributed by atoms with Crippen LogP contribution in [0.15, 0.2) is 24.3 Å². The van der Waals surface area contributed by atoms with E-state index in [1.54, 1.807) is 24.3 Å². The highest BCUT2D eigenvalue weighted by Crippen LogP contribution is 2.22. The highest BCUT2D eigenvalue weighted by Gasteiger charge is 2.22. The van der Waals surface area contributed by atoms with Gasteiger partial charge in [0, 0.05) is 13.1 Å². The molecule has 4 nitrogen and oxygen atoms in total. The van der Waals surface area contributed by atoms with E-state index < -0.39 is 5.97 Å². The van der Waals surface area contributed by atoms with Crippen molar-refractivity contribution in [2.45, 2.75) is 20.3 Å². The number of carboxylic acid groups (broad SMARTS) is 1. The molecule has 4 heteroatoms. The number of carbonyl (C=O) groups is 1. The molecule has 0 bridgehead atoms. The summed E-state index contributed by atoms with van der Waals surface area (Å²) >= 11 is 0. The average Bonchev–Trinajstić information content (AvgIpc) is 2.43. The maximum atomic E-state index is 10.7. The maximum Gasteiger partial charge on any atom is 0.335 e. The van der Waals surface area contributed by atoms with Gasteiger partial charge in [0.2, 0.25) is 0 Å². The minimum atomic E-state index is -0.909. The molecule has 2 atom stereocenters. The van der Waals surface area contributed by atoms with Crippen molar-refractivity contribution < 1.29 is 14.6 Å². The fourth-order valence-corrected chi connectivity index (χ4v) is 2.54. The lowest BCUT2D eigenvalue weighted by Crippen LogP contribution is -2.40. The molecular weight excluding hydrogens is 254 g/mol. The zero-order valence-corrected chi connectivity index (χ0v) is 12.2. The highest BCUT2D eigenvalue weighted by molar-refractivity contribution is 5.87. The van der Waals surface area contributed by atoms with Crippen LogP contribution in [0.2, 0.25) is 0 Å². The molecule has 0 spiro atoms. The van der Waals surface area contributed by atoms with Crippen molar-refractivity contribution in [2.75, 3.05) is 26.2 Å². The molecule has 1 heterocycles. The summed E-state index contributed by atoms with van der Waals surface area (Å²) in [6.45, 7) is 8.49. The number of piperidine rings is 1. The lowest BCUT2D eigenvalue weighted by molar-refractivity contribution is 0.0697. The number of rotatable bonds is 5. The van der Waals surface area contributed by atoms with E-state index in [4.69, 9.17) is 9.84 Å². The Balaban J connectivity index is 1.74. The fraction of sp³-hybridized carbons (Fsp3) is 0.562. The van der Waals surface area contributed by atoms with Crippen molar-refractivity contribution in [1.29, 1.82) is 0 Å². The molecule has 0 aromatic heterocycles. The van der Waals surface area contributed by atoms with E-state index >= 15 is 0 Å². The first-order valence-corrected chi connectivity index (χ1v) is 7.25. The molecule has 1 aliphatic rings. The molecule has 0 saturated carbocycles. The van der Waals surface area contributed by atoms with E-state index in [-0.39, 0.29) is 5.56 Å². The van der Waals surface area contributed by atoms with Gasteiger partial charge in [0.15, 0.2) is 0 Å². The summed E-state index contributed by atoms with van der Waals surface area (Å²) in [4.78, 5) is 13.2. The molecule has 1 aromatic carbocycles. The van der Waals surface area contributed by atoms with E-state index in [1.807, 2.05) is 0 Å². The summed E-state index contributed by atoms with van der Waals surface area (Å²) in [5, 5.41) is 8.82. The monoisotopic (exact) mass is 277 g/mol. The van der Waals surface area contributed by atoms with E-state index in [2.05, 4.69) is 18.7 Å². The third-order valence-electron chi connectivity index (χ3n) is 4.20. The average molecular weight is 277 g/mol. The van der Waals surface area contributed by atoms with Gasteiger partial charge in [-0.3, -0.25) is 4.90 Å². The van der Waals surface area contributed by atoms with Crippen molar-refractivity contribution in [2.24, 2.45) is 11.8 Å². The summed E-state index contributed by atoms with van der Waals surface area (Å²) in [5.74, 6) is 1.38. The molecule has 1 N–H and O–H groups in total. The van der Waals surface area contributed by atoms with Gasteiger partial charge in [-0.2, -0.15) is 0 Å². The van der Waals surface area contributed by atoms with Gasteiger partial charge in [-0.1, -0.05) is 13.8 Å². The zero-order chi connectivity index (χ0) is 14.5. The Morgan fingerprint density at radius 1 is 1.30 bits per heavy atom. The number of hydrogen-bond donors (Lipinski definition) is 1. The molecule has 2 unspecified atom stereocenters. The van der Waals surface area contributed by atoms with Gasteiger partial charge < -0.3 is 9.84 Å². The van der Waals surface area contributed by atoms with Crippen LogP contribution in [0.4, 0.5) is 0 Å². The summed E-state index contributed by atoms with van der Waals surface area (Å²) in [6.07, 6.45) is 1.26. The molecular formula is C16H23NO3. The molecule has 2 rings (SSSR count). The van der Waals surface area contributed by atoms with Crippen LogP contribution in [-0.4, -0.2) is 42.2 Å². The molecule has 1 fully saturated rings. The number of carboxylic acids is 1. The lowest BCUT2D eigenvalue weighted by Gasteiger charge is -2.35. The predicted molar refractivity (Wildman–Crippen MR) is 78.3 cm³/mol. The Morgan fingerprint density at radius 3 is 2.60 bits per heavy atom. The Morgan fingerprint density at radius 2 is 2.00 bits per heavy atom. The minimum Gasteiger partial charge on any atom is -0.492 e. The zero-order valence-electron chi connectivity index (χ0n) is 12.2. The van der Waals surface area contributed by atoms with E-state index in [0.29, 0.717) is 6.61 Å². The number of aromatic carboxylic acids is 1. The highest BCUT2D eigenvalue weighted by atomic mass is 16.5. The van der Waals surface area contributed by atoms with Gasteiger partial charge in [0.05, 0.1) is 5.56 Å². The fourth-order valence-electron chi connectivity index (χ4n) is 2.54. The number of nitrogens with zero attached hydrogens (tertiary/aromatic N) is 1. The summed E-state index contributed by atoms with van der Waals surface area (Å²) in [7, 11) is 0. The van der Waals surface area contributed by atoms with Crippen molar-refractivity contribution in [3.05, 3.63) is 29.8 Å². The van der Waals surface area contributed by atoms with Crippen molar-refractivity contribution in [1.82, 2.24) is 4.90 Å². The van der Waals surface area contributed by atoms with Crippen LogP contribution in [0, 0.1) is 11.8 Å². The van der Waals surface area contributed by atoms with E-state index in [9.17, 15) is 4.79 Å². The second kappa shape index (κ2) is 6.75. The van der Waals surface area contributed by atoms with Crippen LogP contribution in [0.25, 0.3) is 0 Å². The molecule has 20 heavy (non-hydrogen) atoms. The predicted octanol–water partition coefficient (Wildman–Crippen LogP) is 2.74. The quantitative estimate of drug-likeness (QED) is 0.899. The van der Waals surface area contributed by atoms with E-state index in [1.165, 1.54) is 6.42 Å². The maximum absolute atomic E-state index is 10.7. The van der Waals surface area contributed by atoms with E-state index in [0.717, 1.165) is 37.2 Å². The van der Waals surface area contributed by atoms with Crippen molar-refractivity contribution >= 4 is 5.97 Å². The van der Waals surface area contributed by atoms with Crippen molar-refractivity contribution in [3.8, 4) is 5.75 Å². The summed E-state index contributed by atoms with van der Waals surface area (Å²) in [5.41, 5.74) is 0.288. The molecule has 1 saturated heterocycles. The normalized spacial score (nSPS) is 23.5. The first kappa shape index (κ1) is 14.9. The van der Waals surface area contributed by atoms with Crippen LogP contribution in [-0.2, 0) is 0 Å². The Labute approximate surface area is 120 Å². The van der Waals surface area contributed by atoms with Gasteiger partial charge in [-0.15, -0.1) is 0 Å². The number of likely N-dealkylation sites (tertiary alicyclic amines) is 1. The number of ether oxygens (including phenoxy) is 1.